The number of hydrogen-bond donors (Lipinski definition) is 7. The number of alkyl carbamates (subject to hydrolysis) is 1. The van der Waals surface area contributed by atoms with E-state index in [2.05, 4.69) is 53.3 Å². The Morgan fingerprint density at radius 2 is 1.22 bits per heavy atom. The minimum atomic E-state index is -1.28. The van der Waals surface area contributed by atoms with Crippen LogP contribution in [-0.4, -0.2) is 104 Å². The number of nitrogens with zero attached hydrogens (tertiary/aromatic N) is 4. The Balaban J connectivity index is 0.974. The average molecular weight is 873 g/mol. The Kier molecular flexibility index (Phi) is 14.3. The van der Waals surface area contributed by atoms with Crippen LogP contribution >= 0.6 is 0 Å². The van der Waals surface area contributed by atoms with E-state index in [-0.39, 0.29) is 42.3 Å². The molecular formula is C47H56N10O7. The molecular weight excluding hydrogens is 817 g/mol. The summed E-state index contributed by atoms with van der Waals surface area (Å²) >= 11 is 0. The van der Waals surface area contributed by atoms with Crippen molar-refractivity contribution in [3.8, 4) is 33.6 Å². The maximum Gasteiger partial charge on any atom is 0.407 e. The molecule has 3 aromatic carbocycles. The third-order valence-electron chi connectivity index (χ3n) is 11.9. The fraction of sp³-hybridized carbons (Fsp3) is 0.383. The van der Waals surface area contributed by atoms with Crippen LogP contribution < -0.4 is 21.3 Å². The van der Waals surface area contributed by atoms with Crippen molar-refractivity contribution in [2.45, 2.75) is 83.6 Å². The van der Waals surface area contributed by atoms with Crippen molar-refractivity contribution < 1.29 is 33.8 Å². The summed E-state index contributed by atoms with van der Waals surface area (Å²) in [5.74, 6) is 0.762. The third kappa shape index (κ3) is 10.5. The number of imidazole rings is 2. The van der Waals surface area contributed by atoms with Crippen LogP contribution in [0.2, 0.25) is 0 Å². The van der Waals surface area contributed by atoms with Crippen molar-refractivity contribution >= 4 is 30.0 Å². The monoisotopic (exact) mass is 872 g/mol. The zero-order chi connectivity index (χ0) is 45.3. The van der Waals surface area contributed by atoms with E-state index in [0.717, 1.165) is 64.0 Å². The van der Waals surface area contributed by atoms with Gasteiger partial charge in [-0.05, 0) is 71.9 Å². The van der Waals surface area contributed by atoms with Crippen molar-refractivity contribution in [1.82, 2.24) is 51.0 Å². The minimum Gasteiger partial charge on any atom is -0.465 e. The summed E-state index contributed by atoms with van der Waals surface area (Å²) in [5.41, 5.74) is 7.23. The zero-order valence-electron chi connectivity index (χ0n) is 36.5. The van der Waals surface area contributed by atoms with Crippen LogP contribution in [0.1, 0.15) is 81.3 Å². The highest BCUT2D eigenvalue weighted by atomic mass is 16.5. The van der Waals surface area contributed by atoms with Gasteiger partial charge in [0.05, 0.1) is 43.0 Å². The lowest BCUT2D eigenvalue weighted by Crippen LogP contribution is -2.51. The molecule has 1 unspecified atom stereocenters. The normalized spacial score (nSPS) is 16.9. The number of H-pyrrole nitrogens is 2. The molecule has 0 radical (unpaired) electrons. The molecule has 0 bridgehead atoms. The van der Waals surface area contributed by atoms with Crippen molar-refractivity contribution in [3.05, 3.63) is 108 Å². The fourth-order valence-electron chi connectivity index (χ4n) is 8.48. The molecule has 2 aliphatic rings. The van der Waals surface area contributed by atoms with Gasteiger partial charge in [-0.15, -0.1) is 0 Å². The molecule has 5 aromatic rings. The molecule has 6 amide bonds. The number of carbonyl (C=O) groups excluding carboxylic acids is 4. The van der Waals surface area contributed by atoms with Gasteiger partial charge in [0.25, 0.3) is 0 Å². The predicted octanol–water partition coefficient (Wildman–Crippen LogP) is 6.54. The van der Waals surface area contributed by atoms with Crippen molar-refractivity contribution in [2.24, 2.45) is 5.92 Å². The molecule has 2 aliphatic heterocycles. The molecule has 0 spiro atoms. The molecule has 17 nitrogen and oxygen atoms in total. The van der Waals surface area contributed by atoms with Gasteiger partial charge in [0, 0.05) is 32.6 Å². The summed E-state index contributed by atoms with van der Waals surface area (Å²) in [6, 6.07) is 21.2. The van der Waals surface area contributed by atoms with E-state index in [1.165, 1.54) is 7.11 Å². The van der Waals surface area contributed by atoms with Gasteiger partial charge in [0.2, 0.25) is 11.8 Å². The predicted molar refractivity (Wildman–Crippen MR) is 240 cm³/mol. The SMILES string of the molecule is CCNC(=O)NCc1ccc(C[C@H](NC(=O)O)C(=O)N2CCC[C@H]2c2ncc(-c3ccc(-c4ccc(-c5cnc(C6CCCN6C(=O)[C@@H](NC(=O)OC)C(C)C)[nH]5)cc4)cc3)[nH]2)cc1. The average Bonchev–Trinajstić information content (AvgIpc) is 4.15. The molecule has 4 atom stereocenters. The number of aromatic nitrogens is 4. The highest BCUT2D eigenvalue weighted by Gasteiger charge is 2.38. The molecule has 7 rings (SSSR count). The third-order valence-corrected chi connectivity index (χ3v) is 11.9. The smallest absolute Gasteiger partial charge is 0.407 e. The van der Waals surface area contributed by atoms with E-state index < -0.39 is 24.3 Å². The number of carbonyl (C=O) groups is 5. The molecule has 2 aromatic heterocycles. The maximum absolute atomic E-state index is 14.0. The number of amides is 6. The van der Waals surface area contributed by atoms with Crippen molar-refractivity contribution in [2.75, 3.05) is 26.7 Å². The molecule has 2 fully saturated rings. The van der Waals surface area contributed by atoms with Crippen LogP contribution in [0, 0.1) is 5.92 Å². The number of carboxylic acid groups (broad SMARTS) is 1. The number of benzene rings is 3. The van der Waals surface area contributed by atoms with Gasteiger partial charge < -0.3 is 50.9 Å². The van der Waals surface area contributed by atoms with Crippen molar-refractivity contribution in [3.63, 3.8) is 0 Å². The molecule has 64 heavy (non-hydrogen) atoms. The highest BCUT2D eigenvalue weighted by Crippen LogP contribution is 2.35. The van der Waals surface area contributed by atoms with Crippen LogP contribution in [0.15, 0.2) is 85.2 Å². The number of rotatable bonds is 15. The van der Waals surface area contributed by atoms with Gasteiger partial charge in [-0.3, -0.25) is 9.59 Å². The van der Waals surface area contributed by atoms with E-state index in [1.807, 2.05) is 81.4 Å². The summed E-state index contributed by atoms with van der Waals surface area (Å²) in [7, 11) is 1.28. The summed E-state index contributed by atoms with van der Waals surface area (Å²) in [6.07, 6.45) is 4.85. The zero-order valence-corrected chi connectivity index (χ0v) is 36.5. The molecule has 4 heterocycles. The second-order valence-corrected chi connectivity index (χ2v) is 16.5. The first kappa shape index (κ1) is 44.9. The molecule has 17 heteroatoms. The lowest BCUT2D eigenvalue weighted by molar-refractivity contribution is -0.135. The summed E-state index contributed by atoms with van der Waals surface area (Å²) < 4.78 is 4.76. The van der Waals surface area contributed by atoms with Crippen molar-refractivity contribution in [1.29, 1.82) is 0 Å². The van der Waals surface area contributed by atoms with Crippen LogP contribution in [0.25, 0.3) is 33.6 Å². The topological polar surface area (TPSA) is 227 Å². The molecule has 7 N–H and O–H groups in total. The number of likely N-dealkylation sites (tertiary alicyclic amines) is 2. The fourth-order valence-corrected chi connectivity index (χ4v) is 8.48. The van der Waals surface area contributed by atoms with Gasteiger partial charge in [-0.1, -0.05) is 86.6 Å². The number of hydrogen-bond acceptors (Lipinski definition) is 8. The lowest BCUT2D eigenvalue weighted by Gasteiger charge is -2.30. The summed E-state index contributed by atoms with van der Waals surface area (Å²) in [5, 5.41) is 20.2. The van der Waals surface area contributed by atoms with Crippen LogP contribution in [0.3, 0.4) is 0 Å². The number of aromatic amines is 2. The first-order valence-corrected chi connectivity index (χ1v) is 21.8. The molecule has 2 saturated heterocycles. The Bertz CT molecular complexity index is 2410. The summed E-state index contributed by atoms with van der Waals surface area (Å²) in [4.78, 5) is 82.8. The van der Waals surface area contributed by atoms with Crippen LogP contribution in [0.4, 0.5) is 14.4 Å². The molecule has 0 aliphatic carbocycles. The minimum absolute atomic E-state index is 0.119. The highest BCUT2D eigenvalue weighted by molar-refractivity contribution is 5.87. The Labute approximate surface area is 371 Å². The second-order valence-electron chi connectivity index (χ2n) is 16.5. The standard InChI is InChI=1S/C47H56N10O7/c1-5-48-45(60)51-25-30-12-10-29(11-13-30)24-35(54-46(61)62)43(58)56-22-6-8-38(56)41-49-26-36(52-41)33-18-14-31(15-19-33)32-16-20-34(21-17-32)37-27-50-42(53-37)39-9-7-23-57(39)44(59)40(28(2)3)55-47(63)64-4/h10-21,26-28,35,38-40,54H,5-9,22-25H2,1-4H3,(H,49,52)(H,50,53)(H,55,63)(H,61,62)(H2,48,51,60)/t35-,38-,39?,40-/m0/s1. The largest absolute Gasteiger partial charge is 0.465 e. The Morgan fingerprint density at radius 1 is 0.719 bits per heavy atom. The number of urea groups is 1. The number of nitrogens with one attached hydrogen (secondary N) is 6. The summed E-state index contributed by atoms with van der Waals surface area (Å²) in [6.45, 7) is 7.54. The quantitative estimate of drug-likeness (QED) is 0.0605. The van der Waals surface area contributed by atoms with Gasteiger partial charge in [-0.2, -0.15) is 0 Å². The molecule has 336 valence electrons. The van der Waals surface area contributed by atoms with Crippen LogP contribution in [0.5, 0.6) is 0 Å². The second kappa shape index (κ2) is 20.3. The van der Waals surface area contributed by atoms with Gasteiger partial charge >= 0.3 is 18.2 Å². The van der Waals surface area contributed by atoms with E-state index in [0.29, 0.717) is 44.2 Å². The first-order valence-electron chi connectivity index (χ1n) is 21.8. The molecule has 0 saturated carbocycles. The van der Waals surface area contributed by atoms with Gasteiger partial charge in [-0.25, -0.2) is 24.4 Å². The Morgan fingerprint density at radius 3 is 1.70 bits per heavy atom. The van der Waals surface area contributed by atoms with Gasteiger partial charge in [0.15, 0.2) is 0 Å². The Hall–Kier alpha value is -7.17. The van der Waals surface area contributed by atoms with Crippen LogP contribution in [-0.2, 0) is 27.3 Å². The lowest BCUT2D eigenvalue weighted by atomic mass is 10.0. The van der Waals surface area contributed by atoms with E-state index in [4.69, 9.17) is 4.74 Å². The van der Waals surface area contributed by atoms with E-state index in [9.17, 15) is 29.1 Å². The van der Waals surface area contributed by atoms with Gasteiger partial charge in [0.1, 0.15) is 23.7 Å². The number of ether oxygens (including phenoxy) is 1. The maximum atomic E-state index is 14.0. The van der Waals surface area contributed by atoms with E-state index >= 15 is 0 Å². The van der Waals surface area contributed by atoms with E-state index in [1.54, 1.807) is 22.2 Å². The first-order chi connectivity index (χ1) is 30.9. The number of methoxy groups -OCH3 is 1.